The molecule has 1 aliphatic rings. The number of rotatable bonds is 3. The molecule has 2 N–H and O–H groups in total. The molecule has 0 saturated carbocycles. The summed E-state index contributed by atoms with van der Waals surface area (Å²) in [5.74, 6) is 0.925. The largest absolute Gasteiger partial charge is 0.494 e. The Morgan fingerprint density at radius 1 is 1.11 bits per heavy atom. The molecular weight excluding hydrogens is 234 g/mol. The fourth-order valence-electron chi connectivity index (χ4n) is 2.74. The molecule has 1 unspecified atom stereocenters. The van der Waals surface area contributed by atoms with Crippen LogP contribution in [0.2, 0.25) is 0 Å². The van der Waals surface area contributed by atoms with Crippen molar-refractivity contribution in [3.05, 3.63) is 53.6 Å². The van der Waals surface area contributed by atoms with Crippen LogP contribution in [0.4, 0.5) is 0 Å². The lowest BCUT2D eigenvalue weighted by Crippen LogP contribution is -2.04. The quantitative estimate of drug-likeness (QED) is 0.905. The van der Waals surface area contributed by atoms with E-state index < -0.39 is 0 Å². The van der Waals surface area contributed by atoms with E-state index in [9.17, 15) is 0 Å². The van der Waals surface area contributed by atoms with Gasteiger partial charge in [0.1, 0.15) is 5.75 Å². The second kappa shape index (κ2) is 5.06. The van der Waals surface area contributed by atoms with Crippen LogP contribution < -0.4 is 10.5 Å². The highest BCUT2D eigenvalue weighted by molar-refractivity contribution is 5.66. The molecule has 0 spiro atoms. The molecule has 0 fully saturated rings. The lowest BCUT2D eigenvalue weighted by atomic mass is 10.00. The molecule has 0 aromatic heterocycles. The summed E-state index contributed by atoms with van der Waals surface area (Å²) in [6.45, 7) is 2.70. The first-order valence-corrected chi connectivity index (χ1v) is 6.89. The molecule has 2 aromatic carbocycles. The molecule has 98 valence electrons. The number of hydrogen-bond donors (Lipinski definition) is 1. The maximum atomic E-state index is 6.07. The zero-order chi connectivity index (χ0) is 13.2. The molecule has 0 bridgehead atoms. The van der Waals surface area contributed by atoms with Crippen molar-refractivity contribution in [1.29, 1.82) is 0 Å². The van der Waals surface area contributed by atoms with Crippen LogP contribution in [0.3, 0.4) is 0 Å². The average molecular weight is 253 g/mol. The molecular formula is C17H19NO. The van der Waals surface area contributed by atoms with Crippen LogP contribution in [0.25, 0.3) is 11.1 Å². The first-order valence-electron chi connectivity index (χ1n) is 6.89. The number of aryl methyl sites for hydroxylation is 1. The SMILES string of the molecule is CCOc1ccc(-c2ccc3c(c2)CCC3N)cc1. The normalized spacial score (nSPS) is 17.3. The Hall–Kier alpha value is -1.80. The summed E-state index contributed by atoms with van der Waals surface area (Å²) in [4.78, 5) is 0. The van der Waals surface area contributed by atoms with E-state index in [2.05, 4.69) is 30.3 Å². The number of ether oxygens (including phenoxy) is 1. The van der Waals surface area contributed by atoms with Gasteiger partial charge in [-0.15, -0.1) is 0 Å². The van der Waals surface area contributed by atoms with Crippen LogP contribution in [-0.2, 0) is 6.42 Å². The molecule has 2 nitrogen and oxygen atoms in total. The molecule has 3 rings (SSSR count). The molecule has 0 saturated heterocycles. The zero-order valence-corrected chi connectivity index (χ0v) is 11.2. The van der Waals surface area contributed by atoms with Crippen molar-refractivity contribution in [1.82, 2.24) is 0 Å². The lowest BCUT2D eigenvalue weighted by Gasteiger charge is -2.08. The van der Waals surface area contributed by atoms with E-state index in [1.165, 1.54) is 22.3 Å². The highest BCUT2D eigenvalue weighted by Gasteiger charge is 2.18. The minimum absolute atomic E-state index is 0.226. The van der Waals surface area contributed by atoms with E-state index >= 15 is 0 Å². The van der Waals surface area contributed by atoms with Crippen molar-refractivity contribution < 1.29 is 4.74 Å². The fourth-order valence-corrected chi connectivity index (χ4v) is 2.74. The third kappa shape index (κ3) is 2.36. The standard InChI is InChI=1S/C17H19NO/c1-2-19-15-7-3-12(4-8-15)13-5-9-16-14(11-13)6-10-17(16)18/h3-5,7-9,11,17H,2,6,10,18H2,1H3. The van der Waals surface area contributed by atoms with Crippen LogP contribution in [0.5, 0.6) is 5.75 Å². The molecule has 0 heterocycles. The number of benzene rings is 2. The summed E-state index contributed by atoms with van der Waals surface area (Å²) in [6.07, 6.45) is 2.17. The van der Waals surface area contributed by atoms with Gasteiger partial charge in [0.25, 0.3) is 0 Å². The van der Waals surface area contributed by atoms with Gasteiger partial charge in [0.2, 0.25) is 0 Å². The Morgan fingerprint density at radius 3 is 2.58 bits per heavy atom. The minimum Gasteiger partial charge on any atom is -0.494 e. The Balaban J connectivity index is 1.90. The van der Waals surface area contributed by atoms with E-state index in [-0.39, 0.29) is 6.04 Å². The molecule has 2 heteroatoms. The van der Waals surface area contributed by atoms with Gasteiger partial charge < -0.3 is 10.5 Å². The summed E-state index contributed by atoms with van der Waals surface area (Å²) < 4.78 is 5.47. The van der Waals surface area contributed by atoms with E-state index in [0.29, 0.717) is 6.61 Å². The van der Waals surface area contributed by atoms with Crippen molar-refractivity contribution in [2.45, 2.75) is 25.8 Å². The Kier molecular flexibility index (Phi) is 3.26. The van der Waals surface area contributed by atoms with Gasteiger partial charge in [-0.25, -0.2) is 0 Å². The van der Waals surface area contributed by atoms with Crippen LogP contribution in [-0.4, -0.2) is 6.61 Å². The minimum atomic E-state index is 0.226. The van der Waals surface area contributed by atoms with Crippen LogP contribution in [0.1, 0.15) is 30.5 Å². The second-order valence-corrected chi connectivity index (χ2v) is 5.02. The molecule has 0 aliphatic heterocycles. The molecule has 1 aliphatic carbocycles. The lowest BCUT2D eigenvalue weighted by molar-refractivity contribution is 0.340. The van der Waals surface area contributed by atoms with E-state index in [4.69, 9.17) is 10.5 Å². The van der Waals surface area contributed by atoms with Gasteiger partial charge in [0.05, 0.1) is 6.61 Å². The predicted molar refractivity (Wildman–Crippen MR) is 78.3 cm³/mol. The summed E-state index contributed by atoms with van der Waals surface area (Å²) in [6, 6.07) is 15.1. The van der Waals surface area contributed by atoms with Crippen molar-refractivity contribution in [3.63, 3.8) is 0 Å². The van der Waals surface area contributed by atoms with Gasteiger partial charge in [-0.2, -0.15) is 0 Å². The van der Waals surface area contributed by atoms with Gasteiger partial charge in [0.15, 0.2) is 0 Å². The van der Waals surface area contributed by atoms with Gasteiger partial charge in [-0.3, -0.25) is 0 Å². The maximum absolute atomic E-state index is 6.07. The fraction of sp³-hybridized carbons (Fsp3) is 0.294. The van der Waals surface area contributed by atoms with Gasteiger partial charge in [0, 0.05) is 6.04 Å². The predicted octanol–water partition coefficient (Wildman–Crippen LogP) is 3.70. The van der Waals surface area contributed by atoms with Gasteiger partial charge in [-0.05, 0) is 54.2 Å². The molecule has 19 heavy (non-hydrogen) atoms. The topological polar surface area (TPSA) is 35.2 Å². The zero-order valence-electron chi connectivity index (χ0n) is 11.2. The van der Waals surface area contributed by atoms with E-state index in [1.54, 1.807) is 0 Å². The third-order valence-electron chi connectivity index (χ3n) is 3.77. The Bertz CT molecular complexity index is 574. The number of hydrogen-bond acceptors (Lipinski definition) is 2. The van der Waals surface area contributed by atoms with Gasteiger partial charge in [-0.1, -0.05) is 30.3 Å². The molecule has 0 radical (unpaired) electrons. The summed E-state index contributed by atoms with van der Waals surface area (Å²) in [5.41, 5.74) is 11.3. The number of fused-ring (bicyclic) bond motifs is 1. The van der Waals surface area contributed by atoms with Crippen molar-refractivity contribution >= 4 is 0 Å². The van der Waals surface area contributed by atoms with Crippen molar-refractivity contribution in [3.8, 4) is 16.9 Å². The monoisotopic (exact) mass is 253 g/mol. The average Bonchev–Trinajstić information content (AvgIpc) is 2.81. The van der Waals surface area contributed by atoms with Crippen molar-refractivity contribution in [2.75, 3.05) is 6.61 Å². The van der Waals surface area contributed by atoms with Crippen LogP contribution >= 0.6 is 0 Å². The Morgan fingerprint density at radius 2 is 1.84 bits per heavy atom. The smallest absolute Gasteiger partial charge is 0.119 e. The Labute approximate surface area is 114 Å². The maximum Gasteiger partial charge on any atom is 0.119 e. The molecule has 2 aromatic rings. The van der Waals surface area contributed by atoms with Crippen LogP contribution in [0, 0.1) is 0 Å². The molecule has 0 amide bonds. The second-order valence-electron chi connectivity index (χ2n) is 5.02. The first-order chi connectivity index (χ1) is 9.28. The van der Waals surface area contributed by atoms with Crippen LogP contribution in [0.15, 0.2) is 42.5 Å². The summed E-state index contributed by atoms with van der Waals surface area (Å²) >= 11 is 0. The summed E-state index contributed by atoms with van der Waals surface area (Å²) in [5, 5.41) is 0. The number of nitrogens with two attached hydrogens (primary N) is 1. The molecule has 1 atom stereocenters. The third-order valence-corrected chi connectivity index (χ3v) is 3.77. The highest BCUT2D eigenvalue weighted by atomic mass is 16.5. The van der Waals surface area contributed by atoms with E-state index in [1.807, 2.05) is 19.1 Å². The van der Waals surface area contributed by atoms with Crippen molar-refractivity contribution in [2.24, 2.45) is 5.73 Å². The van der Waals surface area contributed by atoms with E-state index in [0.717, 1.165) is 18.6 Å². The van der Waals surface area contributed by atoms with Gasteiger partial charge >= 0.3 is 0 Å². The summed E-state index contributed by atoms with van der Waals surface area (Å²) in [7, 11) is 0. The first kappa shape index (κ1) is 12.2. The highest BCUT2D eigenvalue weighted by Crippen LogP contribution is 2.33.